The number of nitrogens with two attached hydrogens (primary N) is 1. The molecule has 0 unspecified atom stereocenters. The molecule has 2 rings (SSSR count). The zero-order valence-corrected chi connectivity index (χ0v) is 14.4. The summed E-state index contributed by atoms with van der Waals surface area (Å²) in [7, 11) is -3.68. The molecule has 112 valence electrons. The number of sulfonamides is 1. The van der Waals surface area contributed by atoms with Gasteiger partial charge < -0.3 is 5.73 Å². The van der Waals surface area contributed by atoms with E-state index < -0.39 is 10.0 Å². The van der Waals surface area contributed by atoms with Crippen molar-refractivity contribution in [3.8, 4) is 0 Å². The van der Waals surface area contributed by atoms with Gasteiger partial charge in [0.15, 0.2) is 0 Å². The number of rotatable bonds is 4. The summed E-state index contributed by atoms with van der Waals surface area (Å²) in [5.41, 5.74) is 7.84. The van der Waals surface area contributed by atoms with E-state index in [1.54, 1.807) is 12.1 Å². The Labute approximate surface area is 137 Å². The standard InChI is InChI=1S/C14H14BrClN2O2S/c1-2-9-3-4-10(7-14(9)17)18-21(19,20)11-5-6-13(16)12(15)8-11/h3-8,18H,2,17H2,1H3. The van der Waals surface area contributed by atoms with Gasteiger partial charge in [-0.1, -0.05) is 24.6 Å². The number of hydrogen-bond acceptors (Lipinski definition) is 3. The van der Waals surface area contributed by atoms with E-state index in [4.69, 9.17) is 17.3 Å². The zero-order valence-electron chi connectivity index (χ0n) is 11.2. The summed E-state index contributed by atoms with van der Waals surface area (Å²) in [6, 6.07) is 9.53. The van der Waals surface area contributed by atoms with Gasteiger partial charge in [-0.3, -0.25) is 4.72 Å². The Bertz CT molecular complexity index is 779. The summed E-state index contributed by atoms with van der Waals surface area (Å²) >= 11 is 9.08. The van der Waals surface area contributed by atoms with Crippen LogP contribution in [0.2, 0.25) is 5.02 Å². The van der Waals surface area contributed by atoms with Gasteiger partial charge in [0.05, 0.1) is 15.6 Å². The lowest BCUT2D eigenvalue weighted by Gasteiger charge is -2.11. The quantitative estimate of drug-likeness (QED) is 0.775. The Hall–Kier alpha value is -1.24. The lowest BCUT2D eigenvalue weighted by atomic mass is 10.1. The Balaban J connectivity index is 2.32. The minimum absolute atomic E-state index is 0.122. The van der Waals surface area contributed by atoms with Gasteiger partial charge >= 0.3 is 0 Å². The van der Waals surface area contributed by atoms with Gasteiger partial charge in [0.1, 0.15) is 0 Å². The Kier molecular flexibility index (Phi) is 4.81. The molecule has 0 fully saturated rings. The SMILES string of the molecule is CCc1ccc(NS(=O)(=O)c2ccc(Cl)c(Br)c2)cc1N. The van der Waals surface area contributed by atoms with E-state index in [-0.39, 0.29) is 4.90 Å². The molecule has 21 heavy (non-hydrogen) atoms. The topological polar surface area (TPSA) is 72.2 Å². The van der Waals surface area contributed by atoms with E-state index in [9.17, 15) is 8.42 Å². The van der Waals surface area contributed by atoms with Gasteiger partial charge in [-0.2, -0.15) is 0 Å². The highest BCUT2D eigenvalue weighted by atomic mass is 79.9. The summed E-state index contributed by atoms with van der Waals surface area (Å²) < 4.78 is 27.7. The molecular formula is C14H14BrClN2O2S. The maximum atomic E-state index is 12.3. The monoisotopic (exact) mass is 388 g/mol. The molecule has 0 saturated heterocycles. The second-order valence-electron chi connectivity index (χ2n) is 4.45. The summed E-state index contributed by atoms with van der Waals surface area (Å²) in [6.45, 7) is 1.99. The van der Waals surface area contributed by atoms with Crippen LogP contribution in [0.15, 0.2) is 45.8 Å². The van der Waals surface area contributed by atoms with E-state index in [1.807, 2.05) is 13.0 Å². The molecule has 0 heterocycles. The minimum atomic E-state index is -3.68. The molecule has 0 spiro atoms. The fourth-order valence-electron chi connectivity index (χ4n) is 1.84. The molecule has 2 aromatic rings. The summed E-state index contributed by atoms with van der Waals surface area (Å²) in [5, 5.41) is 0.450. The highest BCUT2D eigenvalue weighted by Crippen LogP contribution is 2.27. The second kappa shape index (κ2) is 6.25. The van der Waals surface area contributed by atoms with Crippen LogP contribution in [0.5, 0.6) is 0 Å². The van der Waals surface area contributed by atoms with Crippen molar-refractivity contribution >= 4 is 48.9 Å². The van der Waals surface area contributed by atoms with E-state index >= 15 is 0 Å². The van der Waals surface area contributed by atoms with Gasteiger partial charge in [0, 0.05) is 10.2 Å². The van der Waals surface area contributed by atoms with Crippen LogP contribution in [0.4, 0.5) is 11.4 Å². The van der Waals surface area contributed by atoms with Crippen molar-refractivity contribution in [1.29, 1.82) is 0 Å². The maximum Gasteiger partial charge on any atom is 0.261 e. The number of halogens is 2. The van der Waals surface area contributed by atoms with Crippen molar-refractivity contribution in [1.82, 2.24) is 0 Å². The number of nitrogen functional groups attached to an aromatic ring is 1. The molecule has 2 aromatic carbocycles. The average Bonchev–Trinajstić information content (AvgIpc) is 2.41. The van der Waals surface area contributed by atoms with Crippen LogP contribution in [-0.4, -0.2) is 8.42 Å². The maximum absolute atomic E-state index is 12.3. The lowest BCUT2D eigenvalue weighted by molar-refractivity contribution is 0.601. The zero-order chi connectivity index (χ0) is 15.6. The minimum Gasteiger partial charge on any atom is -0.398 e. The first kappa shape index (κ1) is 16.1. The molecule has 0 aliphatic carbocycles. The third-order valence-electron chi connectivity index (χ3n) is 2.98. The second-order valence-corrected chi connectivity index (χ2v) is 7.39. The van der Waals surface area contributed by atoms with Crippen LogP contribution in [0.3, 0.4) is 0 Å². The van der Waals surface area contributed by atoms with Crippen molar-refractivity contribution in [3.05, 3.63) is 51.5 Å². The number of anilines is 2. The number of aryl methyl sites for hydroxylation is 1. The Morgan fingerprint density at radius 3 is 2.52 bits per heavy atom. The normalized spacial score (nSPS) is 11.4. The molecule has 7 heteroatoms. The highest BCUT2D eigenvalue weighted by Gasteiger charge is 2.16. The molecule has 0 atom stereocenters. The molecule has 0 radical (unpaired) electrons. The van der Waals surface area contributed by atoms with E-state index in [2.05, 4.69) is 20.7 Å². The van der Waals surface area contributed by atoms with E-state index in [1.165, 1.54) is 18.2 Å². The first-order chi connectivity index (χ1) is 9.83. The number of nitrogens with one attached hydrogen (secondary N) is 1. The third kappa shape index (κ3) is 3.70. The van der Waals surface area contributed by atoms with E-state index in [0.717, 1.165) is 12.0 Å². The molecule has 0 amide bonds. The van der Waals surface area contributed by atoms with Gasteiger partial charge in [-0.25, -0.2) is 8.42 Å². The van der Waals surface area contributed by atoms with Crippen LogP contribution in [0.1, 0.15) is 12.5 Å². The van der Waals surface area contributed by atoms with Crippen LogP contribution in [-0.2, 0) is 16.4 Å². The van der Waals surface area contributed by atoms with Crippen LogP contribution in [0, 0.1) is 0 Å². The molecule has 3 N–H and O–H groups in total. The predicted octanol–water partition coefficient (Wildman–Crippen LogP) is 4.05. The first-order valence-electron chi connectivity index (χ1n) is 6.19. The van der Waals surface area contributed by atoms with Gasteiger partial charge in [-0.05, 0) is 58.2 Å². The molecule has 0 aliphatic heterocycles. The van der Waals surface area contributed by atoms with E-state index in [0.29, 0.717) is 20.9 Å². The highest BCUT2D eigenvalue weighted by molar-refractivity contribution is 9.10. The number of hydrogen-bond donors (Lipinski definition) is 2. The third-order valence-corrected chi connectivity index (χ3v) is 5.57. The predicted molar refractivity (Wildman–Crippen MR) is 90.2 cm³/mol. The summed E-state index contributed by atoms with van der Waals surface area (Å²) in [6.07, 6.45) is 0.795. The smallest absolute Gasteiger partial charge is 0.261 e. The van der Waals surface area contributed by atoms with Crippen molar-refractivity contribution < 1.29 is 8.42 Å². The van der Waals surface area contributed by atoms with Crippen molar-refractivity contribution in [2.75, 3.05) is 10.5 Å². The number of benzene rings is 2. The van der Waals surface area contributed by atoms with Crippen molar-refractivity contribution in [2.24, 2.45) is 0 Å². The van der Waals surface area contributed by atoms with Gasteiger partial charge in [0.2, 0.25) is 0 Å². The average molecular weight is 390 g/mol. The Morgan fingerprint density at radius 2 is 1.95 bits per heavy atom. The molecule has 0 saturated carbocycles. The molecule has 4 nitrogen and oxygen atoms in total. The Morgan fingerprint density at radius 1 is 1.24 bits per heavy atom. The van der Waals surface area contributed by atoms with Crippen molar-refractivity contribution in [3.63, 3.8) is 0 Å². The largest absolute Gasteiger partial charge is 0.398 e. The van der Waals surface area contributed by atoms with Crippen LogP contribution < -0.4 is 10.5 Å². The lowest BCUT2D eigenvalue weighted by Crippen LogP contribution is -2.13. The molecule has 0 bridgehead atoms. The fourth-order valence-corrected chi connectivity index (χ4v) is 3.56. The van der Waals surface area contributed by atoms with Crippen LogP contribution >= 0.6 is 27.5 Å². The molecule has 0 aliphatic rings. The van der Waals surface area contributed by atoms with Gasteiger partial charge in [0.25, 0.3) is 10.0 Å². The summed E-state index contributed by atoms with van der Waals surface area (Å²) in [5.74, 6) is 0. The summed E-state index contributed by atoms with van der Waals surface area (Å²) in [4.78, 5) is 0.122. The molecular weight excluding hydrogens is 376 g/mol. The van der Waals surface area contributed by atoms with Crippen molar-refractivity contribution in [2.45, 2.75) is 18.2 Å². The fraction of sp³-hybridized carbons (Fsp3) is 0.143. The molecule has 0 aromatic heterocycles. The van der Waals surface area contributed by atoms with Crippen LogP contribution in [0.25, 0.3) is 0 Å². The first-order valence-corrected chi connectivity index (χ1v) is 8.85. The van der Waals surface area contributed by atoms with Gasteiger partial charge in [-0.15, -0.1) is 0 Å².